The number of nitrogens with one attached hydrogen (secondary N) is 1. The molecule has 1 saturated carbocycles. The standard InChI is InChI=1S/C7H11N/c1-6-2-5-8-7(6)3-4-7/h8H,1-5H2. The van der Waals surface area contributed by atoms with Crippen molar-refractivity contribution in [1.82, 2.24) is 5.32 Å². The van der Waals surface area contributed by atoms with E-state index in [1.807, 2.05) is 0 Å². The Morgan fingerprint density at radius 3 is 2.50 bits per heavy atom. The van der Waals surface area contributed by atoms with E-state index in [1.165, 1.54) is 31.4 Å². The van der Waals surface area contributed by atoms with Gasteiger partial charge in [-0.05, 0) is 25.8 Å². The largest absolute Gasteiger partial charge is 0.307 e. The van der Waals surface area contributed by atoms with Gasteiger partial charge in [0, 0.05) is 5.54 Å². The van der Waals surface area contributed by atoms with Gasteiger partial charge in [0.25, 0.3) is 0 Å². The Labute approximate surface area is 49.8 Å². The van der Waals surface area contributed by atoms with Crippen molar-refractivity contribution in [3.05, 3.63) is 12.2 Å². The second-order valence-electron chi connectivity index (χ2n) is 2.86. The van der Waals surface area contributed by atoms with Gasteiger partial charge in [0.1, 0.15) is 0 Å². The van der Waals surface area contributed by atoms with E-state index in [9.17, 15) is 0 Å². The van der Waals surface area contributed by atoms with Crippen molar-refractivity contribution in [2.75, 3.05) is 6.54 Å². The maximum Gasteiger partial charge on any atom is 0.0393 e. The first-order valence-corrected chi connectivity index (χ1v) is 3.27. The molecule has 2 aliphatic rings. The summed E-state index contributed by atoms with van der Waals surface area (Å²) in [5.74, 6) is 0. The molecule has 1 saturated heterocycles. The maximum absolute atomic E-state index is 4.01. The summed E-state index contributed by atoms with van der Waals surface area (Å²) >= 11 is 0. The van der Waals surface area contributed by atoms with Crippen LogP contribution in [0.2, 0.25) is 0 Å². The Hall–Kier alpha value is -0.300. The monoisotopic (exact) mass is 109 g/mol. The lowest BCUT2D eigenvalue weighted by atomic mass is 10.1. The molecule has 1 aliphatic heterocycles. The van der Waals surface area contributed by atoms with Crippen LogP contribution >= 0.6 is 0 Å². The predicted octanol–water partition coefficient (Wildman–Crippen LogP) is 1.07. The molecule has 1 N–H and O–H groups in total. The van der Waals surface area contributed by atoms with Crippen LogP contribution in [0, 0.1) is 0 Å². The summed E-state index contributed by atoms with van der Waals surface area (Å²) < 4.78 is 0. The van der Waals surface area contributed by atoms with Crippen molar-refractivity contribution >= 4 is 0 Å². The third-order valence-electron chi connectivity index (χ3n) is 2.32. The van der Waals surface area contributed by atoms with E-state index in [0.717, 1.165) is 0 Å². The van der Waals surface area contributed by atoms with Gasteiger partial charge in [-0.2, -0.15) is 0 Å². The van der Waals surface area contributed by atoms with Crippen LogP contribution in [0.5, 0.6) is 0 Å². The molecule has 0 radical (unpaired) electrons. The molecule has 0 amide bonds. The fraction of sp³-hybridized carbons (Fsp3) is 0.714. The summed E-state index contributed by atoms with van der Waals surface area (Å²) in [5.41, 5.74) is 1.90. The lowest BCUT2D eigenvalue weighted by Crippen LogP contribution is -2.23. The molecule has 1 aliphatic carbocycles. The molecule has 0 unspecified atom stereocenters. The molecule has 8 heavy (non-hydrogen) atoms. The van der Waals surface area contributed by atoms with Crippen molar-refractivity contribution < 1.29 is 0 Å². The Kier molecular flexibility index (Phi) is 0.662. The molecule has 1 nitrogen and oxygen atoms in total. The SMILES string of the molecule is C=C1CCNC12CC2. The number of hydrogen-bond acceptors (Lipinski definition) is 1. The van der Waals surface area contributed by atoms with Crippen molar-refractivity contribution in [2.24, 2.45) is 0 Å². The summed E-state index contributed by atoms with van der Waals surface area (Å²) in [6.07, 6.45) is 3.89. The van der Waals surface area contributed by atoms with Gasteiger partial charge in [-0.15, -0.1) is 0 Å². The summed E-state index contributed by atoms with van der Waals surface area (Å²) in [6, 6.07) is 0. The van der Waals surface area contributed by atoms with Crippen LogP contribution in [0.15, 0.2) is 12.2 Å². The van der Waals surface area contributed by atoms with Crippen molar-refractivity contribution in [1.29, 1.82) is 0 Å². The molecule has 2 fully saturated rings. The van der Waals surface area contributed by atoms with Crippen LogP contribution in [-0.2, 0) is 0 Å². The first-order valence-electron chi connectivity index (χ1n) is 3.27. The second kappa shape index (κ2) is 1.16. The van der Waals surface area contributed by atoms with E-state index in [4.69, 9.17) is 0 Å². The topological polar surface area (TPSA) is 12.0 Å². The zero-order valence-corrected chi connectivity index (χ0v) is 5.04. The van der Waals surface area contributed by atoms with Crippen LogP contribution in [0.4, 0.5) is 0 Å². The summed E-state index contributed by atoms with van der Waals surface area (Å²) in [7, 11) is 0. The zero-order valence-electron chi connectivity index (χ0n) is 5.04. The van der Waals surface area contributed by atoms with Gasteiger partial charge >= 0.3 is 0 Å². The fourth-order valence-electron chi connectivity index (χ4n) is 1.47. The molecule has 44 valence electrons. The second-order valence-corrected chi connectivity index (χ2v) is 2.86. The highest BCUT2D eigenvalue weighted by molar-refractivity contribution is 5.29. The van der Waals surface area contributed by atoms with Gasteiger partial charge in [0.05, 0.1) is 0 Å². The van der Waals surface area contributed by atoms with Crippen LogP contribution < -0.4 is 5.32 Å². The summed E-state index contributed by atoms with van der Waals surface area (Å²) in [4.78, 5) is 0. The van der Waals surface area contributed by atoms with Crippen LogP contribution in [0.25, 0.3) is 0 Å². The molecule has 0 atom stereocenters. The Balaban J connectivity index is 2.23. The van der Waals surface area contributed by atoms with Gasteiger partial charge in [-0.25, -0.2) is 0 Å². The quantitative estimate of drug-likeness (QED) is 0.459. The van der Waals surface area contributed by atoms with E-state index in [2.05, 4.69) is 11.9 Å². The minimum Gasteiger partial charge on any atom is -0.307 e. The highest BCUT2D eigenvalue weighted by atomic mass is 15.0. The average molecular weight is 109 g/mol. The van der Waals surface area contributed by atoms with E-state index in [0.29, 0.717) is 5.54 Å². The highest BCUT2D eigenvalue weighted by Gasteiger charge is 2.47. The first kappa shape index (κ1) is 4.57. The average Bonchev–Trinajstić information content (AvgIpc) is 2.39. The summed E-state index contributed by atoms with van der Waals surface area (Å²) in [6.45, 7) is 5.17. The van der Waals surface area contributed by atoms with Crippen LogP contribution in [0.3, 0.4) is 0 Å². The van der Waals surface area contributed by atoms with Crippen LogP contribution in [0.1, 0.15) is 19.3 Å². The highest BCUT2D eigenvalue weighted by Crippen LogP contribution is 2.45. The minimum absolute atomic E-state index is 0.458. The minimum atomic E-state index is 0.458. The van der Waals surface area contributed by atoms with Crippen molar-refractivity contribution in [3.8, 4) is 0 Å². The molecular formula is C7H11N. The maximum atomic E-state index is 4.01. The molecule has 1 heterocycles. The smallest absolute Gasteiger partial charge is 0.0393 e. The van der Waals surface area contributed by atoms with E-state index >= 15 is 0 Å². The Bertz CT molecular complexity index is 133. The number of hydrogen-bond donors (Lipinski definition) is 1. The van der Waals surface area contributed by atoms with E-state index in [1.54, 1.807) is 0 Å². The van der Waals surface area contributed by atoms with E-state index < -0.39 is 0 Å². The lowest BCUT2D eigenvalue weighted by Gasteiger charge is -2.04. The Morgan fingerprint density at radius 1 is 1.50 bits per heavy atom. The van der Waals surface area contributed by atoms with Gasteiger partial charge in [-0.1, -0.05) is 12.2 Å². The molecule has 0 aromatic heterocycles. The lowest BCUT2D eigenvalue weighted by molar-refractivity contribution is 0.668. The molecule has 0 aromatic carbocycles. The molecule has 0 aromatic rings. The number of rotatable bonds is 0. The molecule has 1 heteroatoms. The normalized spacial score (nSPS) is 31.8. The Morgan fingerprint density at radius 2 is 2.25 bits per heavy atom. The summed E-state index contributed by atoms with van der Waals surface area (Å²) in [5, 5.41) is 3.46. The van der Waals surface area contributed by atoms with Gasteiger partial charge in [-0.3, -0.25) is 0 Å². The van der Waals surface area contributed by atoms with Gasteiger partial charge < -0.3 is 5.32 Å². The third kappa shape index (κ3) is 0.402. The first-order chi connectivity index (χ1) is 3.83. The molecular weight excluding hydrogens is 98.1 g/mol. The van der Waals surface area contributed by atoms with Gasteiger partial charge in [0.15, 0.2) is 0 Å². The van der Waals surface area contributed by atoms with Gasteiger partial charge in [0.2, 0.25) is 0 Å². The third-order valence-corrected chi connectivity index (χ3v) is 2.32. The predicted molar refractivity (Wildman–Crippen MR) is 33.7 cm³/mol. The zero-order chi connectivity index (χ0) is 5.61. The van der Waals surface area contributed by atoms with Crippen molar-refractivity contribution in [2.45, 2.75) is 24.8 Å². The fourth-order valence-corrected chi connectivity index (χ4v) is 1.47. The van der Waals surface area contributed by atoms with Crippen molar-refractivity contribution in [3.63, 3.8) is 0 Å². The van der Waals surface area contributed by atoms with E-state index in [-0.39, 0.29) is 0 Å². The molecule has 1 spiro atoms. The molecule has 2 rings (SSSR count). The van der Waals surface area contributed by atoms with Crippen LogP contribution in [-0.4, -0.2) is 12.1 Å². The molecule has 0 bridgehead atoms.